The van der Waals surface area contributed by atoms with E-state index in [0.717, 1.165) is 12.8 Å². The van der Waals surface area contributed by atoms with E-state index >= 15 is 0 Å². The van der Waals surface area contributed by atoms with Crippen LogP contribution in [-0.4, -0.2) is 37.7 Å². The zero-order valence-corrected chi connectivity index (χ0v) is 16.5. The highest BCUT2D eigenvalue weighted by Gasteiger charge is 2.37. The van der Waals surface area contributed by atoms with Crippen molar-refractivity contribution in [1.29, 1.82) is 0 Å². The molecule has 1 saturated heterocycles. The Balaban J connectivity index is 2.07. The van der Waals surface area contributed by atoms with Gasteiger partial charge in [-0.25, -0.2) is 0 Å². The van der Waals surface area contributed by atoms with E-state index in [1.165, 1.54) is 0 Å². The third-order valence-electron chi connectivity index (χ3n) is 5.05. The van der Waals surface area contributed by atoms with Crippen molar-refractivity contribution >= 4 is 11.6 Å². The fraction of sp³-hybridized carbons (Fsp3) is 0.800. The Bertz CT molecular complexity index is 508. The first kappa shape index (κ1) is 21.1. The van der Waals surface area contributed by atoms with Crippen molar-refractivity contribution in [2.75, 3.05) is 19.8 Å². The van der Waals surface area contributed by atoms with Crippen molar-refractivity contribution in [2.24, 2.45) is 17.8 Å². The van der Waals surface area contributed by atoms with Crippen LogP contribution in [0, 0.1) is 17.8 Å². The lowest BCUT2D eigenvalue weighted by atomic mass is 9.75. The fourth-order valence-electron chi connectivity index (χ4n) is 3.66. The Morgan fingerprint density at radius 3 is 2.42 bits per heavy atom. The van der Waals surface area contributed by atoms with E-state index in [2.05, 4.69) is 19.3 Å². The van der Waals surface area contributed by atoms with Crippen LogP contribution in [0.1, 0.15) is 59.8 Å². The van der Waals surface area contributed by atoms with Gasteiger partial charge in [-0.1, -0.05) is 27.2 Å². The summed E-state index contributed by atoms with van der Waals surface area (Å²) in [7, 11) is 0. The molecule has 0 bridgehead atoms. The number of rotatable bonds is 7. The summed E-state index contributed by atoms with van der Waals surface area (Å²) in [6.45, 7) is 9.64. The zero-order chi connectivity index (χ0) is 19.1. The highest BCUT2D eigenvalue weighted by atomic mass is 16.7. The van der Waals surface area contributed by atoms with Crippen molar-refractivity contribution < 1.29 is 23.9 Å². The molecule has 1 saturated carbocycles. The standard InChI is InChI=1S/C20H33NO5/c1-5-7-16(21-26-6-2)19-17(22)10-15(11-18(19)23)14-8-9-24-20(13(3)4)25-12-14/h13-15,20-21H,5-12H2,1-4H3. The van der Waals surface area contributed by atoms with Crippen molar-refractivity contribution in [3.63, 3.8) is 0 Å². The maximum Gasteiger partial charge on any atom is 0.168 e. The minimum absolute atomic E-state index is 0.0308. The van der Waals surface area contributed by atoms with Gasteiger partial charge in [0.1, 0.15) is 0 Å². The number of hydrogen-bond donors (Lipinski definition) is 1. The Morgan fingerprint density at radius 1 is 1.15 bits per heavy atom. The van der Waals surface area contributed by atoms with Crippen LogP contribution >= 0.6 is 0 Å². The summed E-state index contributed by atoms with van der Waals surface area (Å²) in [4.78, 5) is 30.7. The lowest BCUT2D eigenvalue weighted by molar-refractivity contribution is -0.154. The summed E-state index contributed by atoms with van der Waals surface area (Å²) < 4.78 is 11.6. The molecule has 0 aromatic heterocycles. The molecule has 2 aliphatic rings. The molecule has 2 rings (SSSR count). The summed E-state index contributed by atoms with van der Waals surface area (Å²) in [6.07, 6.45) is 2.88. The second-order valence-corrected chi connectivity index (χ2v) is 7.52. The number of nitrogens with one attached hydrogen (secondary N) is 1. The smallest absolute Gasteiger partial charge is 0.168 e. The average molecular weight is 367 g/mol. The average Bonchev–Trinajstić information content (AvgIpc) is 2.85. The minimum atomic E-state index is -0.197. The quantitative estimate of drug-likeness (QED) is 0.423. The number of ether oxygens (including phenoxy) is 2. The molecule has 0 radical (unpaired) electrons. The topological polar surface area (TPSA) is 73.9 Å². The van der Waals surface area contributed by atoms with E-state index in [9.17, 15) is 9.59 Å². The van der Waals surface area contributed by atoms with Gasteiger partial charge in [0.15, 0.2) is 17.9 Å². The number of carbonyl (C=O) groups is 2. The molecular formula is C20H33NO5. The molecule has 0 aromatic carbocycles. The molecule has 0 amide bonds. The van der Waals surface area contributed by atoms with Gasteiger partial charge in [-0.15, -0.1) is 0 Å². The van der Waals surface area contributed by atoms with Crippen LogP contribution < -0.4 is 5.48 Å². The SMILES string of the molecule is CCCC(NOCC)=C1C(=O)CC(C2CCOC(C(C)C)OC2)CC1=O. The van der Waals surface area contributed by atoms with Gasteiger partial charge in [0.2, 0.25) is 0 Å². The maximum absolute atomic E-state index is 12.7. The van der Waals surface area contributed by atoms with Crippen LogP contribution in [0.15, 0.2) is 11.3 Å². The van der Waals surface area contributed by atoms with Gasteiger partial charge in [-0.2, -0.15) is 0 Å². The van der Waals surface area contributed by atoms with E-state index in [4.69, 9.17) is 14.3 Å². The summed E-state index contributed by atoms with van der Waals surface area (Å²) in [6, 6.07) is 0. The molecule has 1 aliphatic heterocycles. The number of ketones is 2. The van der Waals surface area contributed by atoms with Crippen LogP contribution in [0.25, 0.3) is 0 Å². The molecule has 148 valence electrons. The third-order valence-corrected chi connectivity index (χ3v) is 5.05. The Morgan fingerprint density at radius 2 is 1.85 bits per heavy atom. The lowest BCUT2D eigenvalue weighted by Gasteiger charge is -2.29. The predicted octanol–water partition coefficient (Wildman–Crippen LogP) is 3.17. The van der Waals surface area contributed by atoms with E-state index in [0.29, 0.717) is 56.3 Å². The van der Waals surface area contributed by atoms with E-state index in [1.54, 1.807) is 0 Å². The summed E-state index contributed by atoms with van der Waals surface area (Å²) in [5, 5.41) is 0. The van der Waals surface area contributed by atoms with Crippen molar-refractivity contribution in [3.05, 3.63) is 11.3 Å². The molecule has 0 spiro atoms. The normalized spacial score (nSPS) is 27.6. The maximum atomic E-state index is 12.7. The number of carbonyl (C=O) groups excluding carboxylic acids is 2. The van der Waals surface area contributed by atoms with Crippen molar-refractivity contribution in [2.45, 2.75) is 66.1 Å². The van der Waals surface area contributed by atoms with Gasteiger partial charge in [-0.05, 0) is 31.6 Å². The molecule has 26 heavy (non-hydrogen) atoms. The van der Waals surface area contributed by atoms with Crippen LogP contribution in [0.4, 0.5) is 0 Å². The highest BCUT2D eigenvalue weighted by Crippen LogP contribution is 2.34. The van der Waals surface area contributed by atoms with Gasteiger partial charge in [0, 0.05) is 18.8 Å². The van der Waals surface area contributed by atoms with Gasteiger partial charge >= 0.3 is 0 Å². The van der Waals surface area contributed by atoms with Gasteiger partial charge in [0.25, 0.3) is 0 Å². The van der Waals surface area contributed by atoms with Crippen LogP contribution in [0.2, 0.25) is 0 Å². The lowest BCUT2D eigenvalue weighted by Crippen LogP contribution is -2.35. The van der Waals surface area contributed by atoms with E-state index < -0.39 is 0 Å². The molecule has 1 aliphatic carbocycles. The minimum Gasteiger partial charge on any atom is -0.352 e. The van der Waals surface area contributed by atoms with Gasteiger partial charge in [-0.3, -0.25) is 19.9 Å². The van der Waals surface area contributed by atoms with Gasteiger partial charge in [0.05, 0.1) is 31.1 Å². The molecule has 2 fully saturated rings. The predicted molar refractivity (Wildman–Crippen MR) is 98.1 cm³/mol. The number of hydroxylamine groups is 1. The second kappa shape index (κ2) is 10.2. The first-order valence-electron chi connectivity index (χ1n) is 9.88. The number of Topliss-reactive ketones (excluding diaryl/α,β-unsaturated/α-hetero) is 2. The molecule has 6 nitrogen and oxygen atoms in total. The third kappa shape index (κ3) is 5.38. The van der Waals surface area contributed by atoms with Crippen molar-refractivity contribution in [3.8, 4) is 0 Å². The first-order chi connectivity index (χ1) is 12.5. The molecule has 0 aromatic rings. The largest absolute Gasteiger partial charge is 0.352 e. The Labute approximate surface area is 156 Å². The van der Waals surface area contributed by atoms with Crippen molar-refractivity contribution in [1.82, 2.24) is 5.48 Å². The molecule has 6 heteroatoms. The molecule has 2 unspecified atom stereocenters. The number of hydrogen-bond acceptors (Lipinski definition) is 6. The van der Waals surface area contributed by atoms with Gasteiger partial charge < -0.3 is 9.47 Å². The van der Waals surface area contributed by atoms with Crippen LogP contribution in [-0.2, 0) is 23.9 Å². The Kier molecular flexibility index (Phi) is 8.25. The van der Waals surface area contributed by atoms with E-state index in [-0.39, 0.29) is 29.7 Å². The Hall–Kier alpha value is -1.24. The van der Waals surface area contributed by atoms with Crippen LogP contribution in [0.3, 0.4) is 0 Å². The molecular weight excluding hydrogens is 334 g/mol. The molecule has 1 heterocycles. The molecule has 2 atom stereocenters. The first-order valence-corrected chi connectivity index (χ1v) is 9.88. The number of allylic oxidation sites excluding steroid dienone is 2. The summed E-state index contributed by atoms with van der Waals surface area (Å²) in [5.41, 5.74) is 3.75. The molecule has 1 N–H and O–H groups in total. The summed E-state index contributed by atoms with van der Waals surface area (Å²) >= 11 is 0. The highest BCUT2D eigenvalue weighted by molar-refractivity contribution is 6.22. The zero-order valence-electron chi connectivity index (χ0n) is 16.5. The monoisotopic (exact) mass is 367 g/mol. The van der Waals surface area contributed by atoms with E-state index in [1.807, 2.05) is 13.8 Å². The second-order valence-electron chi connectivity index (χ2n) is 7.52. The fourth-order valence-corrected chi connectivity index (χ4v) is 3.66. The van der Waals surface area contributed by atoms with Crippen LogP contribution in [0.5, 0.6) is 0 Å². The summed E-state index contributed by atoms with van der Waals surface area (Å²) in [5.74, 6) is 0.352.